The molecule has 0 aromatic carbocycles. The molecule has 10 heavy (non-hydrogen) atoms. The molecule has 0 rings (SSSR count). The van der Waals surface area contributed by atoms with E-state index in [9.17, 15) is 4.79 Å². The summed E-state index contributed by atoms with van der Waals surface area (Å²) in [6.07, 6.45) is 1.85. The van der Waals surface area contributed by atoms with Gasteiger partial charge in [-0.2, -0.15) is 0 Å². The fourth-order valence-electron chi connectivity index (χ4n) is 0.288. The van der Waals surface area contributed by atoms with Crippen molar-refractivity contribution >= 4 is 12.1 Å². The summed E-state index contributed by atoms with van der Waals surface area (Å²) < 4.78 is 2.73. The molecule has 0 fully saturated rings. The molecule has 0 bridgehead atoms. The number of hydrogen-bond donors (Lipinski definition) is 0. The van der Waals surface area contributed by atoms with Crippen LogP contribution in [-0.2, 0) is 4.79 Å². The van der Waals surface area contributed by atoms with Crippen molar-refractivity contribution in [2.24, 2.45) is 4.99 Å². The minimum absolute atomic E-state index is 0.150. The number of aliphatic imine (C=N–C) groups is 1. The molecule has 0 saturated heterocycles. The molecule has 0 heterocycles. The van der Waals surface area contributed by atoms with Gasteiger partial charge in [0, 0.05) is 0 Å². The number of nitrogens with zero attached hydrogens (tertiary/aromatic N) is 2. The predicted octanol–water partition coefficient (Wildman–Crippen LogP) is -2.83. The van der Waals surface area contributed by atoms with E-state index in [4.69, 9.17) is 0 Å². The third-order valence-electron chi connectivity index (χ3n) is 0.934. The Bertz CT molecular complexity index is 136. The minimum atomic E-state index is -0.150. The number of carbonyl (C=O) groups is 1. The fourth-order valence-corrected chi connectivity index (χ4v) is 1.93. The van der Waals surface area contributed by atoms with Crippen LogP contribution in [-0.4, -0.2) is 33.8 Å². The van der Waals surface area contributed by atoms with Crippen LogP contribution in [0.3, 0.4) is 0 Å². The van der Waals surface area contributed by atoms with E-state index in [-0.39, 0.29) is 27.4 Å². The second kappa shape index (κ2) is 5.64. The first kappa shape index (κ1) is 9.87. The van der Waals surface area contributed by atoms with Gasteiger partial charge in [-0.05, 0) is 0 Å². The van der Waals surface area contributed by atoms with E-state index < -0.39 is 0 Å². The van der Waals surface area contributed by atoms with E-state index in [1.54, 1.807) is 17.1 Å². The summed E-state index contributed by atoms with van der Waals surface area (Å²) in [4.78, 5) is 14.5. The first-order valence-corrected chi connectivity index (χ1v) is 5.42. The van der Waals surface area contributed by atoms with Crippen molar-refractivity contribution in [3.63, 3.8) is 0 Å². The van der Waals surface area contributed by atoms with E-state index in [0.717, 1.165) is 4.43 Å². The average molecular weight is 255 g/mol. The number of halogens is 1. The van der Waals surface area contributed by atoms with Gasteiger partial charge in [-0.3, -0.25) is 0 Å². The fraction of sp³-hybridized carbons (Fsp3) is 0.667. The summed E-state index contributed by atoms with van der Waals surface area (Å²) in [5.41, 5.74) is 0. The van der Waals surface area contributed by atoms with Gasteiger partial charge in [0.25, 0.3) is 0 Å². The van der Waals surface area contributed by atoms with Gasteiger partial charge >= 0.3 is 71.9 Å². The standard InChI is InChI=1S/C6H12IN2O/c1-6(10)9(3)7-4-5-8-2/h5H,4H2,1-3H3/q-1. The van der Waals surface area contributed by atoms with Crippen molar-refractivity contribution in [2.75, 3.05) is 18.5 Å². The molecule has 0 saturated carbocycles. The third kappa shape index (κ3) is 4.72. The first-order chi connectivity index (χ1) is 4.68. The van der Waals surface area contributed by atoms with Gasteiger partial charge < -0.3 is 0 Å². The monoisotopic (exact) mass is 255 g/mol. The Morgan fingerprint density at radius 2 is 2.40 bits per heavy atom. The summed E-state index contributed by atoms with van der Waals surface area (Å²) in [6.45, 7) is 1.59. The van der Waals surface area contributed by atoms with Crippen LogP contribution in [0.2, 0.25) is 0 Å². The molecular formula is C6H12IN2O-. The Labute approximate surface area is 72.1 Å². The Balaban J connectivity index is 3.39. The molecule has 0 aromatic rings. The van der Waals surface area contributed by atoms with Crippen LogP contribution in [0, 0.1) is 0 Å². The van der Waals surface area contributed by atoms with Gasteiger partial charge in [-0.1, -0.05) is 0 Å². The summed E-state index contributed by atoms with van der Waals surface area (Å²) in [6, 6.07) is 0. The molecule has 0 N–H and O–H groups in total. The molecule has 0 aliphatic carbocycles. The van der Waals surface area contributed by atoms with Crippen molar-refractivity contribution in [3.8, 4) is 0 Å². The number of hydrogen-bond acceptors (Lipinski definition) is 2. The van der Waals surface area contributed by atoms with Crippen LogP contribution < -0.4 is 21.5 Å². The van der Waals surface area contributed by atoms with Gasteiger partial charge in [0.2, 0.25) is 0 Å². The van der Waals surface area contributed by atoms with Gasteiger partial charge in [0.15, 0.2) is 0 Å². The molecule has 1 amide bonds. The van der Waals surface area contributed by atoms with Crippen LogP contribution in [0.4, 0.5) is 0 Å². The van der Waals surface area contributed by atoms with E-state index in [1.165, 1.54) is 0 Å². The SMILES string of the molecule is CN=CC[I-]N(C)C(C)=O. The molecular weight excluding hydrogens is 243 g/mol. The Hall–Kier alpha value is -0.130. The molecule has 0 aliphatic rings. The second-order valence-corrected chi connectivity index (χ2v) is 4.72. The summed E-state index contributed by atoms with van der Waals surface area (Å²) in [7, 11) is 3.58. The summed E-state index contributed by atoms with van der Waals surface area (Å²) in [5.74, 6) is 0.150. The zero-order chi connectivity index (χ0) is 7.98. The van der Waals surface area contributed by atoms with Crippen LogP contribution in [0.1, 0.15) is 6.92 Å². The van der Waals surface area contributed by atoms with E-state index in [1.807, 2.05) is 13.3 Å². The third-order valence-corrected chi connectivity index (χ3v) is 3.42. The number of alkyl halides is 1. The Morgan fingerprint density at radius 1 is 1.80 bits per heavy atom. The molecule has 3 nitrogen and oxygen atoms in total. The van der Waals surface area contributed by atoms with Crippen molar-refractivity contribution in [2.45, 2.75) is 6.92 Å². The molecule has 4 heteroatoms. The molecule has 0 aromatic heterocycles. The van der Waals surface area contributed by atoms with Gasteiger partial charge in [0.1, 0.15) is 0 Å². The predicted molar refractivity (Wildman–Crippen MR) is 37.7 cm³/mol. The van der Waals surface area contributed by atoms with Crippen LogP contribution in [0.15, 0.2) is 4.99 Å². The maximum absolute atomic E-state index is 10.6. The first-order valence-electron chi connectivity index (χ1n) is 2.92. The van der Waals surface area contributed by atoms with Gasteiger partial charge in [-0.15, -0.1) is 0 Å². The van der Waals surface area contributed by atoms with E-state index in [2.05, 4.69) is 4.99 Å². The molecule has 60 valence electrons. The van der Waals surface area contributed by atoms with E-state index >= 15 is 0 Å². The normalized spacial score (nSPS) is 10.7. The summed E-state index contributed by atoms with van der Waals surface area (Å²) in [5, 5.41) is 0. The maximum atomic E-state index is 10.6. The number of amides is 1. The molecule has 0 spiro atoms. The molecule has 0 aliphatic heterocycles. The zero-order valence-electron chi connectivity index (χ0n) is 6.47. The van der Waals surface area contributed by atoms with Crippen LogP contribution in [0.25, 0.3) is 0 Å². The van der Waals surface area contributed by atoms with Crippen LogP contribution in [0.5, 0.6) is 0 Å². The van der Waals surface area contributed by atoms with Gasteiger partial charge in [-0.25, -0.2) is 0 Å². The Kier molecular flexibility index (Phi) is 5.57. The van der Waals surface area contributed by atoms with Gasteiger partial charge in [0.05, 0.1) is 0 Å². The quantitative estimate of drug-likeness (QED) is 0.231. The molecule has 0 atom stereocenters. The Morgan fingerprint density at radius 3 is 2.80 bits per heavy atom. The van der Waals surface area contributed by atoms with Crippen molar-refractivity contribution < 1.29 is 26.3 Å². The van der Waals surface area contributed by atoms with Crippen LogP contribution >= 0.6 is 0 Å². The zero-order valence-corrected chi connectivity index (χ0v) is 8.62. The average Bonchev–Trinajstić information content (AvgIpc) is 1.88. The topological polar surface area (TPSA) is 32.7 Å². The van der Waals surface area contributed by atoms with Crippen molar-refractivity contribution in [1.29, 1.82) is 0 Å². The van der Waals surface area contributed by atoms with Crippen molar-refractivity contribution in [1.82, 2.24) is 3.11 Å². The number of carbonyl (C=O) groups excluding carboxylic acids is 1. The summed E-state index contributed by atoms with van der Waals surface area (Å²) >= 11 is -0.150. The molecule has 0 unspecified atom stereocenters. The number of rotatable bonds is 3. The van der Waals surface area contributed by atoms with E-state index in [0.29, 0.717) is 0 Å². The van der Waals surface area contributed by atoms with Crippen molar-refractivity contribution in [3.05, 3.63) is 0 Å². The second-order valence-electron chi connectivity index (χ2n) is 1.71. The molecule has 0 radical (unpaired) electrons.